The van der Waals surface area contributed by atoms with E-state index in [-0.39, 0.29) is 0 Å². The van der Waals surface area contributed by atoms with Gasteiger partial charge in [0.2, 0.25) is 0 Å². The van der Waals surface area contributed by atoms with Crippen molar-refractivity contribution in [1.29, 1.82) is 0 Å². The van der Waals surface area contributed by atoms with Gasteiger partial charge in [0, 0.05) is 17.8 Å². The van der Waals surface area contributed by atoms with E-state index in [2.05, 4.69) is 10.3 Å². The Labute approximate surface area is 96.2 Å². The molecule has 3 rings (SSSR count). The molecule has 3 atom stereocenters. The molecule has 16 heavy (non-hydrogen) atoms. The Bertz CT molecular complexity index is 363. The van der Waals surface area contributed by atoms with Gasteiger partial charge in [0.1, 0.15) is 12.4 Å². The molecule has 1 N–H and O–H groups in total. The van der Waals surface area contributed by atoms with Gasteiger partial charge in [-0.25, -0.2) is 0 Å². The highest BCUT2D eigenvalue weighted by Gasteiger charge is 2.41. The lowest BCUT2D eigenvalue weighted by molar-refractivity contribution is 0.235. The van der Waals surface area contributed by atoms with E-state index in [1.807, 2.05) is 19.1 Å². The summed E-state index contributed by atoms with van der Waals surface area (Å²) in [5, 5.41) is 3.63. The number of aromatic nitrogens is 1. The quantitative estimate of drug-likeness (QED) is 0.841. The molecule has 0 bridgehead atoms. The molecule has 0 radical (unpaired) electrons. The molecule has 3 heteroatoms. The van der Waals surface area contributed by atoms with E-state index < -0.39 is 0 Å². The van der Waals surface area contributed by atoms with Crippen LogP contribution in [0.25, 0.3) is 0 Å². The van der Waals surface area contributed by atoms with Crippen molar-refractivity contribution in [2.24, 2.45) is 5.92 Å². The summed E-state index contributed by atoms with van der Waals surface area (Å²) in [4.78, 5) is 4.22. The third-order valence-corrected chi connectivity index (χ3v) is 3.59. The molecule has 1 aliphatic carbocycles. The Balaban J connectivity index is 1.50. The first kappa shape index (κ1) is 10.1. The Kier molecular flexibility index (Phi) is 2.56. The summed E-state index contributed by atoms with van der Waals surface area (Å²) in [6, 6.07) is 5.30. The monoisotopic (exact) mass is 218 g/mol. The van der Waals surface area contributed by atoms with Gasteiger partial charge in [-0.15, -0.1) is 0 Å². The van der Waals surface area contributed by atoms with Crippen LogP contribution in [0.15, 0.2) is 18.3 Å². The Morgan fingerprint density at radius 3 is 3.12 bits per heavy atom. The van der Waals surface area contributed by atoms with Crippen LogP contribution in [0.4, 0.5) is 0 Å². The summed E-state index contributed by atoms with van der Waals surface area (Å²) in [5.74, 6) is 1.85. The van der Waals surface area contributed by atoms with Gasteiger partial charge in [-0.2, -0.15) is 0 Å². The number of aryl methyl sites for hydroxylation is 1. The van der Waals surface area contributed by atoms with Gasteiger partial charge >= 0.3 is 0 Å². The maximum atomic E-state index is 5.74. The van der Waals surface area contributed by atoms with Crippen LogP contribution < -0.4 is 10.1 Å². The van der Waals surface area contributed by atoms with E-state index in [1.54, 1.807) is 6.20 Å². The molecular weight excluding hydrogens is 200 g/mol. The Hall–Kier alpha value is -1.09. The van der Waals surface area contributed by atoms with Crippen molar-refractivity contribution in [1.82, 2.24) is 10.3 Å². The standard InChI is InChI=1S/C13H18N2O/c1-9-2-5-12(7-14-9)16-8-11-4-3-10-6-13(10)15-11/h2,5,7,10-11,13,15H,3-4,6,8H2,1H3. The molecule has 0 spiro atoms. The molecule has 1 saturated carbocycles. The number of nitrogens with zero attached hydrogens (tertiary/aromatic N) is 1. The van der Waals surface area contributed by atoms with E-state index in [4.69, 9.17) is 4.74 Å². The summed E-state index contributed by atoms with van der Waals surface area (Å²) >= 11 is 0. The summed E-state index contributed by atoms with van der Waals surface area (Å²) in [5.41, 5.74) is 1.03. The van der Waals surface area contributed by atoms with Crippen molar-refractivity contribution in [3.8, 4) is 5.75 Å². The SMILES string of the molecule is Cc1ccc(OCC2CCC3CC3N2)cn1. The fraction of sp³-hybridized carbons (Fsp3) is 0.615. The number of nitrogens with one attached hydrogen (secondary N) is 1. The number of piperidine rings is 1. The number of pyridine rings is 1. The lowest BCUT2D eigenvalue weighted by atomic mass is 10.1. The zero-order valence-corrected chi connectivity index (χ0v) is 9.65. The third kappa shape index (κ3) is 2.19. The topological polar surface area (TPSA) is 34.1 Å². The van der Waals surface area contributed by atoms with Crippen molar-refractivity contribution < 1.29 is 4.74 Å². The lowest BCUT2D eigenvalue weighted by Crippen LogP contribution is -2.39. The van der Waals surface area contributed by atoms with Crippen molar-refractivity contribution in [2.75, 3.05) is 6.61 Å². The second kappa shape index (κ2) is 4.06. The van der Waals surface area contributed by atoms with Gasteiger partial charge in [0.05, 0.1) is 6.20 Å². The zero-order chi connectivity index (χ0) is 11.0. The van der Waals surface area contributed by atoms with Gasteiger partial charge < -0.3 is 10.1 Å². The summed E-state index contributed by atoms with van der Waals surface area (Å²) in [7, 11) is 0. The first-order chi connectivity index (χ1) is 7.81. The molecular formula is C13H18N2O. The minimum atomic E-state index is 0.532. The predicted molar refractivity (Wildman–Crippen MR) is 62.5 cm³/mol. The second-order valence-electron chi connectivity index (χ2n) is 4.99. The van der Waals surface area contributed by atoms with E-state index >= 15 is 0 Å². The molecule has 1 aromatic rings. The average molecular weight is 218 g/mol. The van der Waals surface area contributed by atoms with Gasteiger partial charge in [-0.05, 0) is 44.2 Å². The average Bonchev–Trinajstić information content (AvgIpc) is 3.06. The molecule has 3 nitrogen and oxygen atoms in total. The fourth-order valence-electron chi connectivity index (χ4n) is 2.44. The molecule has 1 aromatic heterocycles. The van der Waals surface area contributed by atoms with Crippen LogP contribution >= 0.6 is 0 Å². The smallest absolute Gasteiger partial charge is 0.137 e. The van der Waals surface area contributed by atoms with E-state index in [0.717, 1.165) is 30.0 Å². The predicted octanol–water partition coefficient (Wildman–Crippen LogP) is 1.91. The number of ether oxygens (including phenoxy) is 1. The maximum absolute atomic E-state index is 5.74. The van der Waals surface area contributed by atoms with Crippen molar-refractivity contribution in [2.45, 2.75) is 38.3 Å². The van der Waals surface area contributed by atoms with Crippen LogP contribution in [-0.4, -0.2) is 23.7 Å². The van der Waals surface area contributed by atoms with Crippen molar-refractivity contribution in [3.05, 3.63) is 24.0 Å². The van der Waals surface area contributed by atoms with E-state index in [9.17, 15) is 0 Å². The maximum Gasteiger partial charge on any atom is 0.137 e. The number of hydrogen-bond acceptors (Lipinski definition) is 3. The number of rotatable bonds is 3. The largest absolute Gasteiger partial charge is 0.490 e. The van der Waals surface area contributed by atoms with Crippen molar-refractivity contribution >= 4 is 0 Å². The highest BCUT2D eigenvalue weighted by molar-refractivity contribution is 5.19. The Morgan fingerprint density at radius 2 is 2.38 bits per heavy atom. The number of fused-ring (bicyclic) bond motifs is 1. The van der Waals surface area contributed by atoms with Crippen LogP contribution in [0, 0.1) is 12.8 Å². The van der Waals surface area contributed by atoms with Crippen LogP contribution in [0.3, 0.4) is 0 Å². The summed E-state index contributed by atoms with van der Waals surface area (Å²) < 4.78 is 5.74. The molecule has 86 valence electrons. The van der Waals surface area contributed by atoms with Gasteiger partial charge in [-0.1, -0.05) is 0 Å². The fourth-order valence-corrected chi connectivity index (χ4v) is 2.44. The molecule has 2 fully saturated rings. The Morgan fingerprint density at radius 1 is 1.44 bits per heavy atom. The van der Waals surface area contributed by atoms with Crippen LogP contribution in [0.2, 0.25) is 0 Å². The first-order valence-electron chi connectivity index (χ1n) is 6.13. The molecule has 3 unspecified atom stereocenters. The molecule has 1 aliphatic heterocycles. The first-order valence-corrected chi connectivity index (χ1v) is 6.13. The number of hydrogen-bond donors (Lipinski definition) is 1. The van der Waals surface area contributed by atoms with E-state index in [0.29, 0.717) is 6.04 Å². The highest BCUT2D eigenvalue weighted by Crippen LogP contribution is 2.39. The third-order valence-electron chi connectivity index (χ3n) is 3.59. The van der Waals surface area contributed by atoms with Gasteiger partial charge in [0.25, 0.3) is 0 Å². The molecule has 0 aromatic carbocycles. The summed E-state index contributed by atoms with van der Waals surface area (Å²) in [6.07, 6.45) is 5.80. The van der Waals surface area contributed by atoms with Crippen LogP contribution in [0.5, 0.6) is 5.75 Å². The normalized spacial score (nSPS) is 31.9. The van der Waals surface area contributed by atoms with Crippen molar-refractivity contribution in [3.63, 3.8) is 0 Å². The van der Waals surface area contributed by atoms with Crippen LogP contribution in [-0.2, 0) is 0 Å². The lowest BCUT2D eigenvalue weighted by Gasteiger charge is -2.23. The molecule has 2 aliphatic rings. The van der Waals surface area contributed by atoms with E-state index in [1.165, 1.54) is 19.3 Å². The summed E-state index contributed by atoms with van der Waals surface area (Å²) in [6.45, 7) is 2.76. The molecule has 0 amide bonds. The molecule has 1 saturated heterocycles. The minimum absolute atomic E-state index is 0.532. The zero-order valence-electron chi connectivity index (χ0n) is 9.65. The van der Waals surface area contributed by atoms with Crippen LogP contribution in [0.1, 0.15) is 25.0 Å². The van der Waals surface area contributed by atoms with Gasteiger partial charge in [-0.3, -0.25) is 4.98 Å². The minimum Gasteiger partial charge on any atom is -0.490 e. The highest BCUT2D eigenvalue weighted by atomic mass is 16.5. The molecule has 2 heterocycles. The second-order valence-corrected chi connectivity index (χ2v) is 4.99. The van der Waals surface area contributed by atoms with Gasteiger partial charge in [0.15, 0.2) is 0 Å².